The van der Waals surface area contributed by atoms with Crippen LogP contribution in [0.5, 0.6) is 5.75 Å². The van der Waals surface area contributed by atoms with Crippen LogP contribution >= 0.6 is 0 Å². The van der Waals surface area contributed by atoms with Crippen molar-refractivity contribution in [2.75, 3.05) is 13.7 Å². The summed E-state index contributed by atoms with van der Waals surface area (Å²) in [4.78, 5) is 22.3. The summed E-state index contributed by atoms with van der Waals surface area (Å²) in [6, 6.07) is 5.27. The smallest absolute Gasteiger partial charge is 0.407 e. The van der Waals surface area contributed by atoms with E-state index in [0.29, 0.717) is 24.3 Å². The molecule has 0 unspecified atom stereocenters. The number of methoxy groups -OCH3 is 1. The van der Waals surface area contributed by atoms with E-state index >= 15 is 0 Å². The number of nitrogens with one attached hydrogen (secondary N) is 1. The number of hydrogen-bond acceptors (Lipinski definition) is 4. The minimum absolute atomic E-state index is 0.431. The Labute approximate surface area is 119 Å². The van der Waals surface area contributed by atoms with E-state index in [9.17, 15) is 9.59 Å². The van der Waals surface area contributed by atoms with Gasteiger partial charge in [0.25, 0.3) is 0 Å². The number of alkyl carbamates (subject to hydrolysis) is 1. The fraction of sp³-hybridized carbons (Fsp3) is 0.467. The minimum atomic E-state index is -0.509. The summed E-state index contributed by atoms with van der Waals surface area (Å²) in [5.41, 5.74) is 0.962. The molecule has 0 aliphatic carbocycles. The van der Waals surface area contributed by atoms with Gasteiger partial charge in [-0.3, -0.25) is 4.79 Å². The summed E-state index contributed by atoms with van der Waals surface area (Å²) in [6.45, 7) is 5.86. The summed E-state index contributed by atoms with van der Waals surface area (Å²) in [5, 5.41) is 2.67. The van der Waals surface area contributed by atoms with E-state index in [1.165, 1.54) is 0 Å². The van der Waals surface area contributed by atoms with Crippen LogP contribution in [0.4, 0.5) is 4.79 Å². The average molecular weight is 279 g/mol. The predicted octanol–water partition coefficient (Wildman–Crippen LogP) is 2.57. The van der Waals surface area contributed by atoms with Crippen LogP contribution in [0, 0.1) is 0 Å². The molecule has 0 atom stereocenters. The number of amides is 1. The summed E-state index contributed by atoms with van der Waals surface area (Å²) in [6.07, 6.45) is 0.918. The van der Waals surface area contributed by atoms with E-state index in [1.807, 2.05) is 26.8 Å². The lowest BCUT2D eigenvalue weighted by Crippen LogP contribution is -2.33. The summed E-state index contributed by atoms with van der Waals surface area (Å²) in [7, 11) is 1.55. The highest BCUT2D eigenvalue weighted by molar-refractivity contribution is 5.76. The van der Waals surface area contributed by atoms with E-state index in [2.05, 4.69) is 5.32 Å². The number of hydrogen-bond donors (Lipinski definition) is 1. The van der Waals surface area contributed by atoms with E-state index in [1.54, 1.807) is 19.2 Å². The summed E-state index contributed by atoms with van der Waals surface area (Å²) < 4.78 is 10.3. The number of carbonyl (C=O) groups excluding carboxylic acids is 2. The predicted molar refractivity (Wildman–Crippen MR) is 76.3 cm³/mol. The molecule has 1 amide bonds. The molecular weight excluding hydrogens is 258 g/mol. The summed E-state index contributed by atoms with van der Waals surface area (Å²) >= 11 is 0. The van der Waals surface area contributed by atoms with E-state index in [4.69, 9.17) is 9.47 Å². The largest absolute Gasteiger partial charge is 0.497 e. The molecule has 0 saturated carbocycles. The van der Waals surface area contributed by atoms with Crippen molar-refractivity contribution in [3.05, 3.63) is 29.3 Å². The van der Waals surface area contributed by atoms with E-state index < -0.39 is 11.7 Å². The molecule has 0 aliphatic rings. The lowest BCUT2D eigenvalue weighted by Gasteiger charge is -2.19. The van der Waals surface area contributed by atoms with Crippen LogP contribution in [-0.2, 0) is 11.2 Å². The molecule has 0 fully saturated rings. The van der Waals surface area contributed by atoms with E-state index in [0.717, 1.165) is 11.8 Å². The second-order valence-corrected chi connectivity index (χ2v) is 5.41. The van der Waals surface area contributed by atoms with Crippen molar-refractivity contribution < 1.29 is 19.1 Å². The number of aldehydes is 1. The van der Waals surface area contributed by atoms with Gasteiger partial charge in [0.2, 0.25) is 0 Å². The lowest BCUT2D eigenvalue weighted by atomic mass is 10.1. The van der Waals surface area contributed by atoms with Gasteiger partial charge < -0.3 is 14.8 Å². The Morgan fingerprint density at radius 2 is 2.00 bits per heavy atom. The normalized spacial score (nSPS) is 10.8. The Hall–Kier alpha value is -2.04. The van der Waals surface area contributed by atoms with Gasteiger partial charge in [-0.1, -0.05) is 0 Å². The Morgan fingerprint density at radius 3 is 2.55 bits per heavy atom. The number of rotatable bonds is 5. The van der Waals surface area contributed by atoms with Crippen molar-refractivity contribution in [3.8, 4) is 5.75 Å². The maximum Gasteiger partial charge on any atom is 0.407 e. The molecule has 1 rings (SSSR count). The molecule has 0 saturated heterocycles. The number of carbonyl (C=O) groups is 2. The van der Waals surface area contributed by atoms with Gasteiger partial charge >= 0.3 is 6.09 Å². The SMILES string of the molecule is COc1cc(C=O)cc(CCNC(=O)OC(C)(C)C)c1. The monoisotopic (exact) mass is 279 g/mol. The average Bonchev–Trinajstić information content (AvgIpc) is 2.36. The molecule has 110 valence electrons. The quantitative estimate of drug-likeness (QED) is 0.841. The molecule has 5 heteroatoms. The molecule has 0 aromatic heterocycles. The maximum absolute atomic E-state index is 11.5. The second kappa shape index (κ2) is 6.93. The lowest BCUT2D eigenvalue weighted by molar-refractivity contribution is 0.0528. The molecule has 0 heterocycles. The number of benzene rings is 1. The highest BCUT2D eigenvalue weighted by Crippen LogP contribution is 2.16. The van der Waals surface area contributed by atoms with Crippen LogP contribution in [0.25, 0.3) is 0 Å². The topological polar surface area (TPSA) is 64.6 Å². The van der Waals surface area contributed by atoms with Gasteiger partial charge in [-0.25, -0.2) is 4.79 Å². The van der Waals surface area contributed by atoms with Crippen molar-refractivity contribution in [1.29, 1.82) is 0 Å². The van der Waals surface area contributed by atoms with Crippen molar-refractivity contribution in [1.82, 2.24) is 5.32 Å². The minimum Gasteiger partial charge on any atom is -0.497 e. The fourth-order valence-electron chi connectivity index (χ4n) is 1.64. The Kier molecular flexibility index (Phi) is 5.55. The molecule has 5 nitrogen and oxygen atoms in total. The molecule has 20 heavy (non-hydrogen) atoms. The molecule has 0 radical (unpaired) electrons. The van der Waals surface area contributed by atoms with Gasteiger partial charge in [-0.05, 0) is 51.0 Å². The van der Waals surface area contributed by atoms with Crippen LogP contribution in [0.1, 0.15) is 36.7 Å². The molecule has 1 aromatic rings. The van der Waals surface area contributed by atoms with Crippen molar-refractivity contribution in [2.24, 2.45) is 0 Å². The third-order valence-electron chi connectivity index (χ3n) is 2.44. The number of ether oxygens (including phenoxy) is 2. The third-order valence-corrected chi connectivity index (χ3v) is 2.44. The Morgan fingerprint density at radius 1 is 1.30 bits per heavy atom. The molecule has 1 N–H and O–H groups in total. The first kappa shape index (κ1) is 16.0. The van der Waals surface area contributed by atoms with Crippen molar-refractivity contribution >= 4 is 12.4 Å². The van der Waals surface area contributed by atoms with Gasteiger partial charge in [0.15, 0.2) is 0 Å². The first-order chi connectivity index (χ1) is 9.34. The standard InChI is InChI=1S/C15H21NO4/c1-15(2,3)20-14(18)16-6-5-11-7-12(10-17)9-13(8-11)19-4/h7-10H,5-6H2,1-4H3,(H,16,18). The third kappa shape index (κ3) is 5.73. The highest BCUT2D eigenvalue weighted by atomic mass is 16.6. The molecule has 1 aromatic carbocycles. The Bertz CT molecular complexity index is 477. The van der Waals surface area contributed by atoms with Crippen LogP contribution < -0.4 is 10.1 Å². The fourth-order valence-corrected chi connectivity index (χ4v) is 1.64. The first-order valence-corrected chi connectivity index (χ1v) is 6.44. The van der Waals surface area contributed by atoms with Crippen molar-refractivity contribution in [3.63, 3.8) is 0 Å². The van der Waals surface area contributed by atoms with Crippen LogP contribution in [-0.4, -0.2) is 31.6 Å². The molecule has 0 spiro atoms. The van der Waals surface area contributed by atoms with Gasteiger partial charge in [0.1, 0.15) is 17.6 Å². The van der Waals surface area contributed by atoms with E-state index in [-0.39, 0.29) is 0 Å². The zero-order chi connectivity index (χ0) is 15.2. The van der Waals surface area contributed by atoms with Gasteiger partial charge in [0, 0.05) is 12.1 Å². The molecule has 0 aliphatic heterocycles. The van der Waals surface area contributed by atoms with Crippen LogP contribution in [0.15, 0.2) is 18.2 Å². The zero-order valence-electron chi connectivity index (χ0n) is 12.4. The molecule has 0 bridgehead atoms. The van der Waals surface area contributed by atoms with Crippen LogP contribution in [0.2, 0.25) is 0 Å². The van der Waals surface area contributed by atoms with Crippen molar-refractivity contribution in [2.45, 2.75) is 32.8 Å². The summed E-state index contributed by atoms with van der Waals surface area (Å²) in [5.74, 6) is 0.627. The second-order valence-electron chi connectivity index (χ2n) is 5.41. The molecular formula is C15H21NO4. The maximum atomic E-state index is 11.5. The zero-order valence-corrected chi connectivity index (χ0v) is 12.4. The Balaban J connectivity index is 2.53. The highest BCUT2D eigenvalue weighted by Gasteiger charge is 2.15. The van der Waals surface area contributed by atoms with Gasteiger partial charge in [-0.2, -0.15) is 0 Å². The first-order valence-electron chi connectivity index (χ1n) is 6.44. The van der Waals surface area contributed by atoms with Crippen LogP contribution in [0.3, 0.4) is 0 Å². The van der Waals surface area contributed by atoms with Gasteiger partial charge in [0.05, 0.1) is 7.11 Å². The van der Waals surface area contributed by atoms with Gasteiger partial charge in [-0.15, -0.1) is 0 Å².